The zero-order valence-electron chi connectivity index (χ0n) is 19.3. The first-order valence-corrected chi connectivity index (χ1v) is 11.1. The molecule has 0 amide bonds. The van der Waals surface area contributed by atoms with Gasteiger partial charge in [-0.1, -0.05) is 6.07 Å². The van der Waals surface area contributed by atoms with Gasteiger partial charge in [0.1, 0.15) is 18.2 Å². The number of fused-ring (bicyclic) bond motifs is 2. The van der Waals surface area contributed by atoms with Gasteiger partial charge in [-0.3, -0.25) is 4.90 Å². The number of phenols is 1. The van der Waals surface area contributed by atoms with Crippen LogP contribution in [0.1, 0.15) is 39.5 Å². The molecule has 0 radical (unpaired) electrons. The third-order valence-electron chi connectivity index (χ3n) is 7.35. The van der Waals surface area contributed by atoms with E-state index in [2.05, 4.69) is 50.9 Å². The van der Waals surface area contributed by atoms with Crippen LogP contribution in [0.25, 0.3) is 22.6 Å². The Kier molecular flexibility index (Phi) is 5.16. The molecule has 2 aliphatic heterocycles. The first-order chi connectivity index (χ1) is 15.8. The van der Waals surface area contributed by atoms with E-state index in [0.29, 0.717) is 28.5 Å². The topological polar surface area (TPSA) is 106 Å². The summed E-state index contributed by atoms with van der Waals surface area (Å²) in [6.45, 7) is 4.64. The van der Waals surface area contributed by atoms with Crippen molar-refractivity contribution in [2.75, 3.05) is 14.2 Å². The number of rotatable bonds is 5. The minimum Gasteiger partial charge on any atom is -0.507 e. The third-order valence-corrected chi connectivity index (χ3v) is 7.35. The highest BCUT2D eigenvalue weighted by atomic mass is 16.5. The van der Waals surface area contributed by atoms with Crippen LogP contribution >= 0.6 is 0 Å². The van der Waals surface area contributed by atoms with Gasteiger partial charge in [0.05, 0.1) is 12.8 Å². The highest BCUT2D eigenvalue weighted by Crippen LogP contribution is 2.49. The molecule has 9 nitrogen and oxygen atoms in total. The molecule has 0 spiro atoms. The number of ether oxygens (including phenoxy) is 2. The second kappa shape index (κ2) is 7.91. The molecule has 5 rings (SSSR count). The average molecular weight is 449 g/mol. The molecule has 33 heavy (non-hydrogen) atoms. The van der Waals surface area contributed by atoms with E-state index in [-0.39, 0.29) is 28.9 Å². The van der Waals surface area contributed by atoms with Gasteiger partial charge in [-0.05, 0) is 51.9 Å². The number of nitrogens with zero attached hydrogens (tertiary/aromatic N) is 6. The number of methoxy groups -OCH3 is 1. The minimum atomic E-state index is 0.0580. The maximum Gasteiger partial charge on any atom is 0.319 e. The van der Waals surface area contributed by atoms with E-state index < -0.39 is 0 Å². The van der Waals surface area contributed by atoms with E-state index in [1.165, 1.54) is 26.3 Å². The molecular weight excluding hydrogens is 420 g/mol. The Bertz CT molecular complexity index is 1150. The van der Waals surface area contributed by atoms with Crippen molar-refractivity contribution in [1.29, 1.82) is 0 Å². The standard InChI is InChI=1S/C24H28N6O3/c1-23-9-10-24(2,30(23)3)13-16(12-23)33-20-8-7-18(28-29-20)17-6-5-15(11-19(17)31)21-25-14-26-22(27-21)32-4/h5-8,11,14,16,31H,9-10,12-13H2,1-4H3. The summed E-state index contributed by atoms with van der Waals surface area (Å²) in [6, 6.07) is 9.01. The van der Waals surface area contributed by atoms with Gasteiger partial charge in [-0.25, -0.2) is 4.98 Å². The number of aromatic nitrogens is 5. The summed E-state index contributed by atoms with van der Waals surface area (Å²) < 4.78 is 11.3. The Balaban J connectivity index is 1.32. The molecule has 3 aromatic rings. The van der Waals surface area contributed by atoms with Crippen LogP contribution in [0.2, 0.25) is 0 Å². The van der Waals surface area contributed by atoms with Gasteiger partial charge < -0.3 is 14.6 Å². The monoisotopic (exact) mass is 448 g/mol. The molecule has 2 aliphatic rings. The normalized spacial score (nSPS) is 26.8. The van der Waals surface area contributed by atoms with Crippen LogP contribution in [0.15, 0.2) is 36.7 Å². The van der Waals surface area contributed by atoms with Gasteiger partial charge in [0, 0.05) is 41.1 Å². The lowest BCUT2D eigenvalue weighted by atomic mass is 9.84. The zero-order chi connectivity index (χ0) is 23.2. The molecule has 0 saturated carbocycles. The van der Waals surface area contributed by atoms with E-state index in [9.17, 15) is 5.11 Å². The Hall–Kier alpha value is -3.33. The summed E-state index contributed by atoms with van der Waals surface area (Å²) in [6.07, 6.45) is 5.82. The first-order valence-electron chi connectivity index (χ1n) is 11.1. The van der Waals surface area contributed by atoms with E-state index in [1.54, 1.807) is 12.1 Å². The fraction of sp³-hybridized carbons (Fsp3) is 0.458. The van der Waals surface area contributed by atoms with Crippen molar-refractivity contribution in [2.45, 2.75) is 56.7 Å². The van der Waals surface area contributed by atoms with Gasteiger partial charge in [0.15, 0.2) is 5.82 Å². The molecule has 2 bridgehead atoms. The predicted molar refractivity (Wildman–Crippen MR) is 122 cm³/mol. The molecule has 4 heterocycles. The summed E-state index contributed by atoms with van der Waals surface area (Å²) in [4.78, 5) is 14.8. The first kappa shape index (κ1) is 21.5. The molecule has 2 unspecified atom stereocenters. The minimum absolute atomic E-state index is 0.0580. The lowest BCUT2D eigenvalue weighted by molar-refractivity contribution is -0.0266. The van der Waals surface area contributed by atoms with Crippen LogP contribution in [0.5, 0.6) is 17.6 Å². The third kappa shape index (κ3) is 3.86. The molecule has 1 aromatic carbocycles. The maximum atomic E-state index is 10.6. The van der Waals surface area contributed by atoms with Crippen LogP contribution in [0.3, 0.4) is 0 Å². The Morgan fingerprint density at radius 2 is 1.79 bits per heavy atom. The van der Waals surface area contributed by atoms with E-state index in [4.69, 9.17) is 9.47 Å². The van der Waals surface area contributed by atoms with Crippen molar-refractivity contribution < 1.29 is 14.6 Å². The van der Waals surface area contributed by atoms with Gasteiger partial charge >= 0.3 is 6.01 Å². The van der Waals surface area contributed by atoms with Crippen LogP contribution in [-0.4, -0.2) is 66.5 Å². The highest BCUT2D eigenvalue weighted by Gasteiger charge is 2.54. The summed E-state index contributed by atoms with van der Waals surface area (Å²) in [7, 11) is 3.72. The van der Waals surface area contributed by atoms with Crippen molar-refractivity contribution in [3.05, 3.63) is 36.7 Å². The van der Waals surface area contributed by atoms with Crippen LogP contribution in [0.4, 0.5) is 0 Å². The van der Waals surface area contributed by atoms with Gasteiger partial charge in [-0.2, -0.15) is 9.97 Å². The molecular formula is C24H28N6O3. The lowest BCUT2D eigenvalue weighted by Crippen LogP contribution is -2.57. The van der Waals surface area contributed by atoms with Crippen molar-refractivity contribution in [3.8, 4) is 40.3 Å². The average Bonchev–Trinajstić information content (AvgIpc) is 2.94. The molecule has 1 N–H and O–H groups in total. The van der Waals surface area contributed by atoms with Crippen molar-refractivity contribution in [2.24, 2.45) is 0 Å². The van der Waals surface area contributed by atoms with Crippen molar-refractivity contribution in [3.63, 3.8) is 0 Å². The second-order valence-corrected chi connectivity index (χ2v) is 9.49. The number of hydrogen-bond donors (Lipinski definition) is 1. The zero-order valence-corrected chi connectivity index (χ0v) is 19.3. The van der Waals surface area contributed by atoms with Crippen molar-refractivity contribution >= 4 is 0 Å². The fourth-order valence-electron chi connectivity index (χ4n) is 5.24. The number of phenolic OH excluding ortho intramolecular Hbond substituents is 1. The smallest absolute Gasteiger partial charge is 0.319 e. The Morgan fingerprint density at radius 3 is 2.42 bits per heavy atom. The van der Waals surface area contributed by atoms with E-state index >= 15 is 0 Å². The van der Waals surface area contributed by atoms with Gasteiger partial charge in [-0.15, -0.1) is 10.2 Å². The Morgan fingerprint density at radius 1 is 1.03 bits per heavy atom. The van der Waals surface area contributed by atoms with Gasteiger partial charge in [0.2, 0.25) is 5.88 Å². The van der Waals surface area contributed by atoms with E-state index in [0.717, 1.165) is 12.8 Å². The Labute approximate surface area is 192 Å². The highest BCUT2D eigenvalue weighted by molar-refractivity contribution is 5.71. The van der Waals surface area contributed by atoms with Crippen LogP contribution in [0, 0.1) is 0 Å². The number of hydrogen-bond acceptors (Lipinski definition) is 9. The van der Waals surface area contributed by atoms with Crippen molar-refractivity contribution in [1.82, 2.24) is 30.0 Å². The fourth-order valence-corrected chi connectivity index (χ4v) is 5.24. The molecule has 9 heteroatoms. The summed E-state index contributed by atoms with van der Waals surface area (Å²) in [5.74, 6) is 0.976. The summed E-state index contributed by atoms with van der Waals surface area (Å²) in [5.41, 5.74) is 2.10. The lowest BCUT2D eigenvalue weighted by Gasteiger charge is -2.48. The number of piperidine rings is 1. The predicted octanol–water partition coefficient (Wildman–Crippen LogP) is 3.49. The molecule has 2 saturated heterocycles. The number of benzene rings is 1. The molecule has 172 valence electrons. The largest absolute Gasteiger partial charge is 0.507 e. The summed E-state index contributed by atoms with van der Waals surface area (Å²) >= 11 is 0. The second-order valence-electron chi connectivity index (χ2n) is 9.49. The van der Waals surface area contributed by atoms with Gasteiger partial charge in [0.25, 0.3) is 0 Å². The van der Waals surface area contributed by atoms with Crippen LogP contribution in [-0.2, 0) is 0 Å². The molecule has 2 fully saturated rings. The van der Waals surface area contributed by atoms with Crippen LogP contribution < -0.4 is 9.47 Å². The number of aromatic hydroxyl groups is 1. The quantitative estimate of drug-likeness (QED) is 0.627. The van der Waals surface area contributed by atoms with E-state index in [1.807, 2.05) is 18.2 Å². The molecule has 2 aromatic heterocycles. The molecule has 2 atom stereocenters. The molecule has 0 aliphatic carbocycles. The SMILES string of the molecule is COc1ncnc(-c2ccc(-c3ccc(OC4CC5(C)CCC(C)(C4)N5C)nn3)c(O)c2)n1. The maximum absolute atomic E-state index is 10.6. The summed E-state index contributed by atoms with van der Waals surface area (Å²) in [5, 5.41) is 19.2.